The average molecular weight is 2820 g/mol. The summed E-state index contributed by atoms with van der Waals surface area (Å²) >= 11 is 0. The Bertz CT molecular complexity index is 12.9. The van der Waals surface area contributed by atoms with Crippen molar-refractivity contribution in [1.82, 2.24) is 0 Å². The molecule has 0 saturated carbocycles. The minimum atomic E-state index is 0. The van der Waals surface area contributed by atoms with Gasteiger partial charge in [-0.1, -0.05) is 0 Å². The van der Waals surface area contributed by atoms with Gasteiger partial charge in [0, 0.05) is 1030 Å². The summed E-state index contributed by atoms with van der Waals surface area (Å²) in [5.74, 6) is 0. The first-order chi connectivity index (χ1) is 0. The van der Waals surface area contributed by atoms with Crippen LogP contribution in [0.3, 0.4) is 0 Å². The van der Waals surface area contributed by atoms with E-state index in [1.54, 1.807) is 0 Å². The zero-order chi connectivity index (χ0) is 0. The molecule has 0 rings (SSSR count). The van der Waals surface area contributed by atoms with Gasteiger partial charge in [-0.25, -0.2) is 0 Å². The SMILES string of the molecule is [CH3-].[V].[Y].[Y].[Y].[Y].[Y].[Y].[Y].[Y].[Y].[Y].[Y].[Y].[Y].[Y].[Y].[Y].[Y].[Y].[Y].[Y].[Y].[Y].[Y].[Y].[Y].[Y].[Y].[Y].[Y].[Y].[Y]. The molecule has 32 heteroatoms. The molecule has 0 atom stereocenters. The van der Waals surface area contributed by atoms with Crippen LogP contribution < -0.4 is 0 Å². The van der Waals surface area contributed by atoms with Gasteiger partial charge in [-0.2, -0.15) is 0 Å². The van der Waals surface area contributed by atoms with Crippen LogP contribution in [0.1, 0.15) is 0 Å². The zero-order valence-electron chi connectivity index (χ0n) is 19.3. The van der Waals surface area contributed by atoms with Gasteiger partial charge in [-0.15, -0.1) is 0 Å². The van der Waals surface area contributed by atoms with Crippen LogP contribution in [0, 0.1) is 7.43 Å². The van der Waals surface area contributed by atoms with E-state index in [2.05, 4.69) is 0 Å². The Labute approximate surface area is 1000 Å². The van der Waals surface area contributed by atoms with Gasteiger partial charge in [-0.3, -0.25) is 0 Å². The summed E-state index contributed by atoms with van der Waals surface area (Å²) in [5, 5.41) is 0. The van der Waals surface area contributed by atoms with Crippen molar-refractivity contribution in [2.75, 3.05) is 0 Å². The Morgan fingerprint density at radius 1 is 0.0909 bits per heavy atom. The molecule has 0 heterocycles. The van der Waals surface area contributed by atoms with Crippen LogP contribution in [-0.2, 0) is 1030 Å². The molecule has 33 heavy (non-hydrogen) atoms. The van der Waals surface area contributed by atoms with Crippen molar-refractivity contribution in [2.24, 2.45) is 0 Å². The first kappa shape index (κ1) is 250. The largest absolute Gasteiger partial charge is 0.358 e. The average Bonchev–Trinajstić information content (AvgIpc) is 0. The second-order valence-corrected chi connectivity index (χ2v) is 0. The molecule has 0 spiro atoms. The predicted molar refractivity (Wildman–Crippen MR) is 6.41 cm³/mol. The summed E-state index contributed by atoms with van der Waals surface area (Å²) in [7, 11) is 0. The summed E-state index contributed by atoms with van der Waals surface area (Å²) in [5.41, 5.74) is 0. The molecule has 0 aromatic carbocycles. The Morgan fingerprint density at radius 3 is 0.0909 bits per heavy atom. The molecule has 0 N–H and O–H groups in total. The monoisotopic (exact) mass is 2820 g/mol. The van der Waals surface area contributed by atoms with E-state index in [0.29, 0.717) is 0 Å². The van der Waals surface area contributed by atoms with E-state index in [-0.39, 0.29) is 1040 Å². The van der Waals surface area contributed by atoms with Gasteiger partial charge in [0.2, 0.25) is 0 Å². The molecule has 0 fully saturated rings. The van der Waals surface area contributed by atoms with Crippen molar-refractivity contribution in [3.8, 4) is 0 Å². The van der Waals surface area contributed by atoms with Crippen LogP contribution in [0.5, 0.6) is 0 Å². The summed E-state index contributed by atoms with van der Waals surface area (Å²) in [6.45, 7) is 0. The number of rotatable bonds is 0. The maximum atomic E-state index is 0. The Balaban J connectivity index is 0. The van der Waals surface area contributed by atoms with E-state index >= 15 is 0 Å². The van der Waals surface area contributed by atoms with Gasteiger partial charge >= 0.3 is 0 Å². The summed E-state index contributed by atoms with van der Waals surface area (Å²) < 4.78 is 0. The van der Waals surface area contributed by atoms with Crippen molar-refractivity contribution >= 4 is 0 Å². The van der Waals surface area contributed by atoms with Crippen LogP contribution in [-0.4, -0.2) is 0 Å². The molecule has 0 unspecified atom stereocenters. The van der Waals surface area contributed by atoms with E-state index in [9.17, 15) is 0 Å². The fourth-order valence-electron chi connectivity index (χ4n) is 0. The van der Waals surface area contributed by atoms with Gasteiger partial charge in [-0.05, 0) is 0 Å². The second-order valence-electron chi connectivity index (χ2n) is 0. The first-order valence-electron chi connectivity index (χ1n) is 0. The van der Waals surface area contributed by atoms with E-state index in [1.165, 1.54) is 0 Å². The molecule has 0 amide bonds. The zero-order valence-corrected chi connectivity index (χ0v) is 109. The third kappa shape index (κ3) is 232. The molecule has 0 aromatic rings. The summed E-state index contributed by atoms with van der Waals surface area (Å²) in [4.78, 5) is 0. The smallest absolute Gasteiger partial charge is 0 e. The van der Waals surface area contributed by atoms with Crippen LogP contribution in [0.25, 0.3) is 0 Å². The molecule has 0 aliphatic heterocycles. The number of hydrogen-bond donors (Lipinski definition) is 0. The molecule has 0 aliphatic rings. The normalized spacial score (nSPS) is 0. The van der Waals surface area contributed by atoms with Crippen LogP contribution in [0.4, 0.5) is 0 Å². The fourth-order valence-corrected chi connectivity index (χ4v) is 0. The van der Waals surface area contributed by atoms with Gasteiger partial charge in [0.1, 0.15) is 0 Å². The maximum absolute atomic E-state index is 0. The quantitative estimate of drug-likeness (QED) is 0.309. The minimum absolute atomic E-state index is 0. The molecule has 0 bridgehead atoms. The van der Waals surface area contributed by atoms with E-state index in [4.69, 9.17) is 0 Å². The van der Waals surface area contributed by atoms with Gasteiger partial charge in [0.15, 0.2) is 0 Å². The third-order valence-electron chi connectivity index (χ3n) is 0. The topological polar surface area (TPSA) is 0 Å². The maximum Gasteiger partial charge on any atom is 0 e. The number of hydrogen-bond acceptors (Lipinski definition) is 0. The standard InChI is InChI=1S/CH3.V.31Y/h1H3;;;;;;;;;;;;;;;;;;;;;;;;;;;;;;;;/q-1;;;;;;;;;;;;;;;;;;;;;;;;;;;;;;;;. The Hall–Kier alpha value is 34.8. The summed E-state index contributed by atoms with van der Waals surface area (Å²) in [6.07, 6.45) is 0. The van der Waals surface area contributed by atoms with E-state index in [1.807, 2.05) is 0 Å². The van der Waals surface area contributed by atoms with E-state index in [0.717, 1.165) is 0 Å². The fraction of sp³-hybridized carbons (Fsp3) is 0. The Kier molecular flexibility index (Phi) is 1810. The molecule has 32 radical (unpaired) electrons. The molecule has 0 saturated heterocycles. The van der Waals surface area contributed by atoms with Crippen molar-refractivity contribution in [2.45, 2.75) is 0 Å². The molecular weight excluding hydrogens is 2820 g/mol. The Morgan fingerprint density at radius 2 is 0.0909 bits per heavy atom. The van der Waals surface area contributed by atoms with Gasteiger partial charge < -0.3 is 7.43 Å². The molecule has 0 nitrogen and oxygen atoms in total. The second kappa shape index (κ2) is 239. The summed E-state index contributed by atoms with van der Waals surface area (Å²) in [6, 6.07) is 0. The van der Waals surface area contributed by atoms with Gasteiger partial charge in [0.05, 0.1) is 0 Å². The molecule has 0 aromatic heterocycles. The molecule has 0 aliphatic carbocycles. The van der Waals surface area contributed by atoms with Gasteiger partial charge in [0.25, 0.3) is 0 Å². The van der Waals surface area contributed by atoms with Crippen molar-refractivity contribution in [3.63, 3.8) is 0 Å². The first-order valence-corrected chi connectivity index (χ1v) is 0. The van der Waals surface area contributed by atoms with Crippen LogP contribution in [0.2, 0.25) is 0 Å². The predicted octanol–water partition coefficient (Wildman–Crippen LogP) is 0.370. The minimum Gasteiger partial charge on any atom is -0.358 e. The van der Waals surface area contributed by atoms with Crippen LogP contribution in [0.15, 0.2) is 0 Å². The van der Waals surface area contributed by atoms with Crippen molar-refractivity contribution < 1.29 is 1030 Å². The molecule has 106 valence electrons. The van der Waals surface area contributed by atoms with Crippen molar-refractivity contribution in [3.05, 3.63) is 7.43 Å². The third-order valence-corrected chi connectivity index (χ3v) is 0. The van der Waals surface area contributed by atoms with Crippen molar-refractivity contribution in [1.29, 1.82) is 0 Å². The molecular formula is CH3VY31-. The van der Waals surface area contributed by atoms with E-state index < -0.39 is 0 Å². The van der Waals surface area contributed by atoms with Crippen LogP contribution >= 0.6 is 0 Å².